The van der Waals surface area contributed by atoms with Gasteiger partial charge in [-0.1, -0.05) is 37.3 Å². The largest absolute Gasteiger partial charge is 0.383 e. The number of Topliss-reactive ketones (excluding diaryl/α,β-unsaturated/α-hetero) is 1. The van der Waals surface area contributed by atoms with Gasteiger partial charge in [0, 0.05) is 63.3 Å². The normalized spacial score (nSPS) is 17.6. The quantitative estimate of drug-likeness (QED) is 0.421. The first-order valence-corrected chi connectivity index (χ1v) is 12.2. The Labute approximate surface area is 214 Å². The summed E-state index contributed by atoms with van der Waals surface area (Å²) in [6.07, 6.45) is 0.439. The Morgan fingerprint density at radius 1 is 1.08 bits per heavy atom. The van der Waals surface area contributed by atoms with Crippen LogP contribution in [0.2, 0.25) is 0 Å². The van der Waals surface area contributed by atoms with Crippen LogP contribution in [0.15, 0.2) is 48.5 Å². The van der Waals surface area contributed by atoms with Crippen LogP contribution < -0.4 is 10.6 Å². The third kappa shape index (κ3) is 6.20. The van der Waals surface area contributed by atoms with Crippen LogP contribution in [0.3, 0.4) is 0 Å². The highest BCUT2D eigenvalue weighted by molar-refractivity contribution is 5.96. The highest BCUT2D eigenvalue weighted by atomic mass is 19.2. The summed E-state index contributed by atoms with van der Waals surface area (Å²) < 4.78 is 34.2. The lowest BCUT2D eigenvalue weighted by molar-refractivity contribution is 0.0988. The molecule has 196 valence electrons. The number of methoxy groups -OCH3 is 1. The summed E-state index contributed by atoms with van der Waals surface area (Å²) in [5.74, 6) is -1.48. The monoisotopic (exact) mass is 511 g/mol. The molecule has 1 aliphatic rings. The molecule has 2 aromatic carbocycles. The van der Waals surface area contributed by atoms with Gasteiger partial charge in [0.1, 0.15) is 5.82 Å². The molecule has 1 saturated heterocycles. The van der Waals surface area contributed by atoms with E-state index in [1.165, 1.54) is 6.07 Å². The molecule has 2 heterocycles. The molecule has 1 aliphatic heterocycles. The van der Waals surface area contributed by atoms with Crippen LogP contribution in [0.5, 0.6) is 0 Å². The summed E-state index contributed by atoms with van der Waals surface area (Å²) in [6.45, 7) is 4.12. The molecule has 0 aliphatic carbocycles. The smallest absolute Gasteiger partial charge is 0.320 e. The number of amides is 2. The van der Waals surface area contributed by atoms with Crippen molar-refractivity contribution in [1.82, 2.24) is 20.0 Å². The molecule has 3 aromatic rings. The molecule has 4 rings (SSSR count). The summed E-state index contributed by atoms with van der Waals surface area (Å²) in [5, 5.41) is 10.3. The summed E-state index contributed by atoms with van der Waals surface area (Å²) in [5.41, 5.74) is 2.74. The summed E-state index contributed by atoms with van der Waals surface area (Å²) in [4.78, 5) is 27.0. The number of halogens is 2. The molecule has 2 amide bonds. The van der Waals surface area contributed by atoms with Gasteiger partial charge in [0.05, 0.1) is 18.3 Å². The fourth-order valence-electron chi connectivity index (χ4n) is 4.59. The third-order valence-corrected chi connectivity index (χ3v) is 6.64. The Balaban J connectivity index is 1.46. The Bertz CT molecular complexity index is 1260. The number of anilines is 1. The lowest BCUT2D eigenvalue weighted by Crippen LogP contribution is -2.42. The number of hydrogen-bond donors (Lipinski definition) is 2. The molecular weight excluding hydrogens is 480 g/mol. The number of aromatic nitrogens is 2. The van der Waals surface area contributed by atoms with E-state index < -0.39 is 17.7 Å². The molecule has 2 atom stereocenters. The van der Waals surface area contributed by atoms with Gasteiger partial charge in [0.25, 0.3) is 0 Å². The van der Waals surface area contributed by atoms with Crippen LogP contribution in [0.25, 0.3) is 11.3 Å². The van der Waals surface area contributed by atoms with E-state index in [4.69, 9.17) is 4.74 Å². The van der Waals surface area contributed by atoms with Gasteiger partial charge < -0.3 is 10.1 Å². The number of likely N-dealkylation sites (tertiary alicyclic amines) is 1. The third-order valence-electron chi connectivity index (χ3n) is 6.64. The molecule has 37 heavy (non-hydrogen) atoms. The number of carbonyl (C=O) groups is 2. The second kappa shape index (κ2) is 11.6. The lowest BCUT2D eigenvalue weighted by atomic mass is 9.94. The maximum Gasteiger partial charge on any atom is 0.320 e. The van der Waals surface area contributed by atoms with Crippen LogP contribution in [-0.2, 0) is 11.8 Å². The molecule has 0 unspecified atom stereocenters. The van der Waals surface area contributed by atoms with Crippen molar-refractivity contribution in [1.29, 1.82) is 0 Å². The van der Waals surface area contributed by atoms with Gasteiger partial charge in [-0.05, 0) is 17.7 Å². The molecule has 10 heteroatoms. The number of hydrogen-bond acceptors (Lipinski definition) is 5. The van der Waals surface area contributed by atoms with Crippen molar-refractivity contribution in [3.05, 3.63) is 71.3 Å². The fraction of sp³-hybridized carbons (Fsp3) is 0.370. The standard InChI is InChI=1S/C27H31F2N5O3/c1-4-25(35)18-7-5-17(6-8-18)23-14-26(33(2)32-23)31-27(36)30-24-16-34(11-12-37-3)15-20(24)19-9-10-21(28)22(29)13-19/h5-10,13-14,20,24H,4,11-12,15-16H2,1-3H3,(H2,30,31,36)/t20-,24+/m0/s1. The SMILES string of the molecule is CCC(=O)c1ccc(-c2cc(NC(=O)N[C@@H]3CN(CCOC)C[C@H]3c3ccc(F)c(F)c3)n(C)n2)cc1. The van der Waals surface area contributed by atoms with Gasteiger partial charge in [0.2, 0.25) is 0 Å². The molecule has 0 bridgehead atoms. The highest BCUT2D eigenvalue weighted by Crippen LogP contribution is 2.29. The average Bonchev–Trinajstić information content (AvgIpc) is 3.46. The van der Waals surface area contributed by atoms with Crippen LogP contribution in [0.4, 0.5) is 19.4 Å². The van der Waals surface area contributed by atoms with E-state index in [0.717, 1.165) is 11.6 Å². The number of benzene rings is 2. The van der Waals surface area contributed by atoms with Gasteiger partial charge in [-0.3, -0.25) is 19.7 Å². The Morgan fingerprint density at radius 2 is 1.84 bits per heavy atom. The van der Waals surface area contributed by atoms with Crippen molar-refractivity contribution >= 4 is 17.6 Å². The number of carbonyl (C=O) groups excluding carboxylic acids is 2. The molecule has 1 aromatic heterocycles. The number of nitrogens with zero attached hydrogens (tertiary/aromatic N) is 3. The van der Waals surface area contributed by atoms with Crippen LogP contribution in [0, 0.1) is 11.6 Å². The highest BCUT2D eigenvalue weighted by Gasteiger charge is 2.35. The second-order valence-corrected chi connectivity index (χ2v) is 9.13. The molecule has 0 saturated carbocycles. The minimum Gasteiger partial charge on any atom is -0.383 e. The summed E-state index contributed by atoms with van der Waals surface area (Å²) >= 11 is 0. The van der Waals surface area contributed by atoms with E-state index in [1.54, 1.807) is 43.1 Å². The fourth-order valence-corrected chi connectivity index (χ4v) is 4.59. The maximum absolute atomic E-state index is 13.9. The number of ketones is 1. The van der Waals surface area contributed by atoms with Gasteiger partial charge in [0.15, 0.2) is 17.4 Å². The van der Waals surface area contributed by atoms with E-state index in [9.17, 15) is 18.4 Å². The van der Waals surface area contributed by atoms with Crippen LogP contribution >= 0.6 is 0 Å². The summed E-state index contributed by atoms with van der Waals surface area (Å²) in [6, 6.07) is 12.1. The Hall–Kier alpha value is -3.63. The zero-order chi connectivity index (χ0) is 26.5. The number of rotatable bonds is 9. The average molecular weight is 512 g/mol. The minimum atomic E-state index is -0.912. The van der Waals surface area contributed by atoms with E-state index in [1.807, 2.05) is 19.1 Å². The predicted molar refractivity (Wildman–Crippen MR) is 137 cm³/mol. The molecule has 8 nitrogen and oxygen atoms in total. The molecular formula is C27H31F2N5O3. The number of urea groups is 1. The van der Waals surface area contributed by atoms with Gasteiger partial charge >= 0.3 is 6.03 Å². The van der Waals surface area contributed by atoms with E-state index in [-0.39, 0.29) is 17.7 Å². The zero-order valence-corrected chi connectivity index (χ0v) is 21.1. The summed E-state index contributed by atoms with van der Waals surface area (Å²) in [7, 11) is 3.34. The number of aryl methyl sites for hydroxylation is 1. The first kappa shape index (κ1) is 26.4. The zero-order valence-electron chi connectivity index (χ0n) is 21.1. The predicted octanol–water partition coefficient (Wildman–Crippen LogP) is 4.19. The minimum absolute atomic E-state index is 0.0703. The van der Waals surface area contributed by atoms with E-state index in [2.05, 4.69) is 20.6 Å². The first-order chi connectivity index (χ1) is 17.8. The van der Waals surface area contributed by atoms with Gasteiger partial charge in [-0.2, -0.15) is 5.10 Å². The van der Waals surface area contributed by atoms with E-state index >= 15 is 0 Å². The second-order valence-electron chi connectivity index (χ2n) is 9.13. The lowest BCUT2D eigenvalue weighted by Gasteiger charge is -2.20. The van der Waals surface area contributed by atoms with Crippen molar-refractivity contribution in [3.8, 4) is 11.3 Å². The molecule has 0 radical (unpaired) electrons. The number of nitrogens with one attached hydrogen (secondary N) is 2. The maximum atomic E-state index is 13.9. The number of ether oxygens (including phenoxy) is 1. The van der Waals surface area contributed by atoms with Crippen molar-refractivity contribution in [2.24, 2.45) is 7.05 Å². The molecule has 2 N–H and O–H groups in total. The topological polar surface area (TPSA) is 88.5 Å². The Kier molecular flexibility index (Phi) is 8.30. The van der Waals surface area contributed by atoms with Crippen molar-refractivity contribution < 1.29 is 23.1 Å². The van der Waals surface area contributed by atoms with Crippen molar-refractivity contribution in [2.45, 2.75) is 25.3 Å². The Morgan fingerprint density at radius 3 is 2.51 bits per heavy atom. The molecule has 0 spiro atoms. The first-order valence-electron chi connectivity index (χ1n) is 12.2. The van der Waals surface area contributed by atoms with Gasteiger partial charge in [-0.15, -0.1) is 0 Å². The van der Waals surface area contributed by atoms with E-state index in [0.29, 0.717) is 55.3 Å². The van der Waals surface area contributed by atoms with Gasteiger partial charge in [-0.25, -0.2) is 13.6 Å². The van der Waals surface area contributed by atoms with Crippen molar-refractivity contribution in [2.75, 3.05) is 38.7 Å². The van der Waals surface area contributed by atoms with Crippen LogP contribution in [-0.4, -0.2) is 65.9 Å². The van der Waals surface area contributed by atoms with Crippen molar-refractivity contribution in [3.63, 3.8) is 0 Å². The van der Waals surface area contributed by atoms with Crippen LogP contribution in [0.1, 0.15) is 35.2 Å². The molecule has 1 fully saturated rings.